The molecule has 0 heterocycles. The molecule has 614 valence electrons. The third kappa shape index (κ3) is 77.7. The lowest BCUT2D eigenvalue weighted by atomic mass is 10.0. The van der Waals surface area contributed by atoms with Gasteiger partial charge in [-0.1, -0.05) is 386 Å². The van der Waals surface area contributed by atoms with Crippen LogP contribution in [0.25, 0.3) is 0 Å². The number of aliphatic hydroxyl groups is 1. The Labute approximate surface area is 637 Å². The lowest BCUT2D eigenvalue weighted by molar-refractivity contribution is -0.161. The molecule has 0 fully saturated rings. The highest BCUT2D eigenvalue weighted by molar-refractivity contribution is 7.47. The molecule has 0 saturated heterocycles. The number of allylic oxidation sites excluding steroid dienone is 4. The number of esters is 4. The lowest BCUT2D eigenvalue weighted by Crippen LogP contribution is -2.30. The summed E-state index contributed by atoms with van der Waals surface area (Å²) in [5.74, 6) is -2.14. The predicted molar refractivity (Wildman–Crippen MR) is 428 cm³/mol. The van der Waals surface area contributed by atoms with E-state index >= 15 is 0 Å². The van der Waals surface area contributed by atoms with Crippen molar-refractivity contribution in [3.63, 3.8) is 0 Å². The number of phosphoric ester groups is 2. The highest BCUT2D eigenvalue weighted by Crippen LogP contribution is 2.45. The van der Waals surface area contributed by atoms with Crippen LogP contribution in [0, 0.1) is 0 Å². The summed E-state index contributed by atoms with van der Waals surface area (Å²) in [5, 5.41) is 10.6. The van der Waals surface area contributed by atoms with Gasteiger partial charge in [-0.15, -0.1) is 0 Å². The van der Waals surface area contributed by atoms with E-state index in [1.807, 2.05) is 0 Å². The van der Waals surface area contributed by atoms with Crippen molar-refractivity contribution in [3.8, 4) is 0 Å². The number of carbonyl (C=O) groups is 4. The maximum absolute atomic E-state index is 13.1. The standard InChI is InChI=1S/C85H162O17P2/c1-5-9-13-17-21-24-27-30-33-35-37-39-41-43-46-48-51-54-58-62-66-70-83(88)96-76-81(102-85(90)72-68-64-60-56-53-50-47-44-42-40-38-36-34-31-28-25-22-18-14-10-6-2)78-100-104(93,94)98-74-79(86)73-97-103(91,92)99-77-80(75-95-82(87)69-65-61-57-20-16-12-8-4)101-84(89)71-67-63-59-55-52-49-45-32-29-26-23-19-15-11-7-3/h26,29,32,45,79-81,86H,5-25,27-28,30-31,33-44,46-78H2,1-4H3,(H,91,92)(H,93,94)/b29-26-,45-32-/t79-,80+,81+/m0/s1. The van der Waals surface area contributed by atoms with Crippen molar-refractivity contribution in [1.29, 1.82) is 0 Å². The molecule has 104 heavy (non-hydrogen) atoms. The van der Waals surface area contributed by atoms with Crippen molar-refractivity contribution in [2.45, 2.75) is 457 Å². The SMILES string of the molecule is CCCCCC/C=C\C=C/CCCCCCCC(=O)O[C@H](COC(=O)CCCCCCCCC)COP(=O)(O)OC[C@H](O)COP(=O)(O)OC[C@@H](COC(=O)CCCCCCCCCCCCCCCCCCCCCCC)OC(=O)CCCCCCCCCCCCCCCCCCCCCCC. The number of hydrogen-bond donors (Lipinski definition) is 3. The van der Waals surface area contributed by atoms with Crippen LogP contribution in [0.2, 0.25) is 0 Å². The number of ether oxygens (including phenoxy) is 4. The predicted octanol–water partition coefficient (Wildman–Crippen LogP) is 25.7. The van der Waals surface area contributed by atoms with E-state index in [1.54, 1.807) is 0 Å². The molecular formula is C85H162O17P2. The Balaban J connectivity index is 5.18. The number of hydrogen-bond acceptors (Lipinski definition) is 15. The number of aliphatic hydroxyl groups excluding tert-OH is 1. The van der Waals surface area contributed by atoms with Crippen LogP contribution in [-0.2, 0) is 65.4 Å². The second-order valence-electron chi connectivity index (χ2n) is 29.9. The first-order valence-electron chi connectivity index (χ1n) is 43.6. The summed E-state index contributed by atoms with van der Waals surface area (Å²) in [6.07, 6.45) is 76.2. The maximum atomic E-state index is 13.1. The molecule has 19 heteroatoms. The van der Waals surface area contributed by atoms with Crippen LogP contribution in [0.5, 0.6) is 0 Å². The van der Waals surface area contributed by atoms with E-state index in [9.17, 15) is 43.2 Å². The summed E-state index contributed by atoms with van der Waals surface area (Å²) >= 11 is 0. The minimum Gasteiger partial charge on any atom is -0.462 e. The largest absolute Gasteiger partial charge is 0.472 e. The fourth-order valence-electron chi connectivity index (χ4n) is 12.8. The van der Waals surface area contributed by atoms with Crippen molar-refractivity contribution >= 4 is 39.5 Å². The fourth-order valence-corrected chi connectivity index (χ4v) is 14.4. The molecule has 0 spiro atoms. The zero-order chi connectivity index (χ0) is 76.0. The van der Waals surface area contributed by atoms with Crippen LogP contribution < -0.4 is 0 Å². The molecule has 3 N–H and O–H groups in total. The second-order valence-corrected chi connectivity index (χ2v) is 32.8. The van der Waals surface area contributed by atoms with E-state index in [4.69, 9.17) is 37.0 Å². The molecule has 2 unspecified atom stereocenters. The van der Waals surface area contributed by atoms with Crippen molar-refractivity contribution in [2.75, 3.05) is 39.6 Å². The first-order valence-corrected chi connectivity index (χ1v) is 46.6. The highest BCUT2D eigenvalue weighted by Gasteiger charge is 2.30. The molecule has 0 radical (unpaired) electrons. The zero-order valence-corrected chi connectivity index (χ0v) is 69.3. The molecule has 5 atom stereocenters. The normalized spacial score (nSPS) is 13.9. The molecule has 0 aliphatic heterocycles. The molecule has 0 aliphatic carbocycles. The summed E-state index contributed by atoms with van der Waals surface area (Å²) in [5.41, 5.74) is 0. The first-order chi connectivity index (χ1) is 50.7. The number of phosphoric acid groups is 2. The molecule has 0 aromatic carbocycles. The summed E-state index contributed by atoms with van der Waals surface area (Å²) in [6, 6.07) is 0. The summed E-state index contributed by atoms with van der Waals surface area (Å²) in [6.45, 7) is 4.93. The van der Waals surface area contributed by atoms with Gasteiger partial charge in [-0.25, -0.2) is 9.13 Å². The number of carbonyl (C=O) groups excluding carboxylic acids is 4. The van der Waals surface area contributed by atoms with Gasteiger partial charge in [0.1, 0.15) is 19.3 Å². The minimum absolute atomic E-state index is 0.0853. The van der Waals surface area contributed by atoms with Gasteiger partial charge in [0.15, 0.2) is 12.2 Å². The zero-order valence-electron chi connectivity index (χ0n) is 67.5. The number of rotatable bonds is 84. The van der Waals surface area contributed by atoms with E-state index in [-0.39, 0.29) is 25.7 Å². The fraction of sp³-hybridized carbons (Fsp3) is 0.906. The Hall–Kier alpha value is -2.46. The summed E-state index contributed by atoms with van der Waals surface area (Å²) in [4.78, 5) is 73.0. The van der Waals surface area contributed by atoms with E-state index < -0.39 is 97.5 Å². The molecule has 0 aliphatic rings. The van der Waals surface area contributed by atoms with Gasteiger partial charge in [0, 0.05) is 25.7 Å². The van der Waals surface area contributed by atoms with E-state index in [0.717, 1.165) is 116 Å². The van der Waals surface area contributed by atoms with Crippen LogP contribution in [-0.4, -0.2) is 96.7 Å². The monoisotopic (exact) mass is 1520 g/mol. The third-order valence-corrected chi connectivity index (χ3v) is 21.4. The Morgan fingerprint density at radius 2 is 0.462 bits per heavy atom. The van der Waals surface area contributed by atoms with E-state index in [0.29, 0.717) is 25.7 Å². The van der Waals surface area contributed by atoms with Crippen LogP contribution in [0.15, 0.2) is 24.3 Å². The Kier molecular flexibility index (Phi) is 76.8. The molecule has 0 aromatic rings. The van der Waals surface area contributed by atoms with Gasteiger partial charge < -0.3 is 33.8 Å². The van der Waals surface area contributed by atoms with Crippen molar-refractivity contribution < 1.29 is 80.2 Å². The molecule has 0 rings (SSSR count). The van der Waals surface area contributed by atoms with Gasteiger partial charge in [-0.3, -0.25) is 37.3 Å². The van der Waals surface area contributed by atoms with Crippen molar-refractivity contribution in [3.05, 3.63) is 24.3 Å². The van der Waals surface area contributed by atoms with Gasteiger partial charge in [0.05, 0.1) is 26.4 Å². The summed E-state index contributed by atoms with van der Waals surface area (Å²) in [7, 11) is -9.93. The van der Waals surface area contributed by atoms with Gasteiger partial charge in [-0.05, 0) is 51.4 Å². The maximum Gasteiger partial charge on any atom is 0.472 e. The average Bonchev–Trinajstić information content (AvgIpc) is 0.909. The molecular weight excluding hydrogens is 1350 g/mol. The van der Waals surface area contributed by atoms with Crippen LogP contribution in [0.3, 0.4) is 0 Å². The molecule has 0 bridgehead atoms. The molecule has 0 aromatic heterocycles. The Morgan fingerprint density at radius 3 is 0.702 bits per heavy atom. The van der Waals surface area contributed by atoms with Crippen LogP contribution >= 0.6 is 15.6 Å². The van der Waals surface area contributed by atoms with Crippen LogP contribution in [0.4, 0.5) is 0 Å². The third-order valence-electron chi connectivity index (χ3n) is 19.5. The van der Waals surface area contributed by atoms with Gasteiger partial charge >= 0.3 is 39.5 Å². The van der Waals surface area contributed by atoms with Crippen molar-refractivity contribution in [1.82, 2.24) is 0 Å². The molecule has 0 amide bonds. The van der Waals surface area contributed by atoms with Gasteiger partial charge in [0.2, 0.25) is 0 Å². The average molecular weight is 1520 g/mol. The molecule has 17 nitrogen and oxygen atoms in total. The van der Waals surface area contributed by atoms with Crippen molar-refractivity contribution in [2.24, 2.45) is 0 Å². The van der Waals surface area contributed by atoms with Crippen LogP contribution in [0.1, 0.15) is 439 Å². The lowest BCUT2D eigenvalue weighted by Gasteiger charge is -2.21. The van der Waals surface area contributed by atoms with E-state index in [2.05, 4.69) is 52.0 Å². The minimum atomic E-state index is -4.97. The number of unbranched alkanes of at least 4 members (excludes halogenated alkanes) is 55. The quantitative estimate of drug-likeness (QED) is 0.0169. The Morgan fingerprint density at radius 1 is 0.269 bits per heavy atom. The topological polar surface area (TPSA) is 237 Å². The van der Waals surface area contributed by atoms with E-state index in [1.165, 1.54) is 244 Å². The van der Waals surface area contributed by atoms with Gasteiger partial charge in [-0.2, -0.15) is 0 Å². The molecule has 0 saturated carbocycles. The van der Waals surface area contributed by atoms with Gasteiger partial charge in [0.25, 0.3) is 0 Å². The second kappa shape index (κ2) is 78.7. The smallest absolute Gasteiger partial charge is 0.462 e. The summed E-state index contributed by atoms with van der Waals surface area (Å²) < 4.78 is 68.7. The highest BCUT2D eigenvalue weighted by atomic mass is 31.2. The first kappa shape index (κ1) is 102. The Bertz CT molecular complexity index is 2060.